The number of nitrogens with zero attached hydrogens (tertiary/aromatic N) is 1. The molecule has 4 rings (SSSR count). The van der Waals surface area contributed by atoms with Crippen LogP contribution in [-0.4, -0.2) is 164 Å². The van der Waals surface area contributed by atoms with Gasteiger partial charge in [0.25, 0.3) is 0 Å². The highest BCUT2D eigenvalue weighted by molar-refractivity contribution is 5.91. The van der Waals surface area contributed by atoms with Gasteiger partial charge in [0, 0.05) is 12.6 Å². The molecule has 13 unspecified atom stereocenters. The molecule has 13 atom stereocenters. The van der Waals surface area contributed by atoms with Gasteiger partial charge in [-0.05, 0) is 69.6 Å². The number of hydrogen-bond acceptors (Lipinski definition) is 16. The predicted molar refractivity (Wildman–Crippen MR) is 218 cm³/mol. The lowest BCUT2D eigenvalue weighted by Crippen LogP contribution is -2.70. The summed E-state index contributed by atoms with van der Waals surface area (Å²) in [6.45, 7) is 3.78. The Morgan fingerprint density at radius 3 is 2.20 bits per heavy atom. The molecule has 0 bridgehead atoms. The topological polar surface area (TPSA) is 416 Å². The van der Waals surface area contributed by atoms with E-state index in [0.717, 1.165) is 32.4 Å². The largest absolute Gasteiger partial charge is 0.462 e. The molecule has 0 aromatic heterocycles. The first-order valence-electron chi connectivity index (χ1n) is 19.8. The van der Waals surface area contributed by atoms with E-state index >= 15 is 0 Å². The number of amides is 7. The molecular formula is C36H61N13O12. The monoisotopic (exact) mass is 867 g/mol. The molecule has 0 spiro atoms. The van der Waals surface area contributed by atoms with E-state index in [-0.39, 0.29) is 19.1 Å². The lowest BCUT2D eigenvalue weighted by atomic mass is 9.95. The van der Waals surface area contributed by atoms with Gasteiger partial charge in [0.15, 0.2) is 18.5 Å². The molecular weight excluding hydrogens is 806 g/mol. The number of carbonyl (C=O) groups excluding carboxylic acids is 4. The van der Waals surface area contributed by atoms with Crippen molar-refractivity contribution < 1.29 is 58.2 Å². The number of nitrogens with two attached hydrogens (primary N) is 6. The van der Waals surface area contributed by atoms with Gasteiger partial charge < -0.3 is 105 Å². The zero-order valence-electron chi connectivity index (χ0n) is 33.8. The number of ether oxygens (including phenoxy) is 5. The lowest BCUT2D eigenvalue weighted by molar-refractivity contribution is -0.263. The molecule has 25 nitrogen and oxygen atoms in total. The van der Waals surface area contributed by atoms with E-state index in [1.807, 2.05) is 0 Å². The Balaban J connectivity index is 1.33. The third kappa shape index (κ3) is 14.8. The van der Waals surface area contributed by atoms with Crippen molar-refractivity contribution in [1.29, 1.82) is 0 Å². The normalized spacial score (nSPS) is 31.3. The fraction of sp³-hybridized carbons (Fsp3) is 0.639. The second-order valence-corrected chi connectivity index (χ2v) is 14.6. The Hall–Kier alpha value is -5.09. The van der Waals surface area contributed by atoms with E-state index in [9.17, 15) is 34.5 Å². The fourth-order valence-electron chi connectivity index (χ4n) is 6.77. The molecule has 21 N–H and O–H groups in total. The van der Waals surface area contributed by atoms with Crippen LogP contribution in [0, 0.1) is 0 Å². The highest BCUT2D eigenvalue weighted by Gasteiger charge is 2.48. The molecule has 3 saturated heterocycles. The number of hydrogen-bond donors (Lipinski definition) is 15. The van der Waals surface area contributed by atoms with Crippen molar-refractivity contribution in [2.75, 3.05) is 39.4 Å². The van der Waals surface area contributed by atoms with Crippen molar-refractivity contribution >= 4 is 36.0 Å². The molecule has 0 saturated carbocycles. The highest BCUT2D eigenvalue weighted by Crippen LogP contribution is 2.28. The van der Waals surface area contributed by atoms with Gasteiger partial charge in [-0.2, -0.15) is 0 Å². The maximum absolute atomic E-state index is 13.4. The van der Waals surface area contributed by atoms with Gasteiger partial charge in [0.05, 0.1) is 43.5 Å². The number of nitrogens with one attached hydrogen (secondary N) is 6. The van der Waals surface area contributed by atoms with Crippen LogP contribution in [0.4, 0.5) is 14.4 Å². The van der Waals surface area contributed by atoms with E-state index in [1.165, 1.54) is 6.08 Å². The van der Waals surface area contributed by atoms with Crippen molar-refractivity contribution in [3.05, 3.63) is 35.9 Å². The van der Waals surface area contributed by atoms with Crippen molar-refractivity contribution in [3.8, 4) is 5.75 Å². The van der Waals surface area contributed by atoms with Crippen LogP contribution < -0.4 is 71.0 Å². The number of unbranched alkanes of at least 4 members (excludes halogenated alkanes) is 1. The SMILES string of the molecule is CC1OC(Oc2ccc(C=CC(=O)NCCCNCCCCN)cc2)C(N=C(N)N)C(O)C1NC(=O)NC1OCC(OC2OCC(O)C(N)C2NC(N)=O)C(O)C1NC(N)=O. The Labute approximate surface area is 352 Å². The van der Waals surface area contributed by atoms with Gasteiger partial charge >= 0.3 is 18.1 Å². The standard InChI is InChI=1S/C36H61N13O12/c1-17-24(48-36(56)49-30-26(47-35(42)55)28(52)21(16-57-30)61-31-25(46-34(41)54)23(38)20(50)15-58-31)29(53)27(45-33(39)40)32(59-17)60-19-8-5-18(6-9-19)7-10-22(51)44-14-4-13-43-12-3-2-11-37/h5-10,17,20-21,23-32,43,50,52-53H,2-4,11-16,37-38H2,1H3,(H,44,51)(H4,39,40,45)(H3,41,46,54)(H3,42,47,55)(H2,48,49,56). The van der Waals surface area contributed by atoms with Crippen LogP contribution in [0.2, 0.25) is 0 Å². The minimum absolute atomic E-state index is 0.238. The quantitative estimate of drug-likeness (QED) is 0.0267. The Morgan fingerprint density at radius 2 is 1.52 bits per heavy atom. The summed E-state index contributed by atoms with van der Waals surface area (Å²) in [4.78, 5) is 53.3. The van der Waals surface area contributed by atoms with Gasteiger partial charge in [-0.15, -0.1) is 0 Å². The minimum atomic E-state index is -1.59. The molecule has 1 aromatic rings. The molecule has 61 heavy (non-hydrogen) atoms. The molecule has 1 aromatic carbocycles. The van der Waals surface area contributed by atoms with E-state index in [2.05, 4.69) is 36.9 Å². The summed E-state index contributed by atoms with van der Waals surface area (Å²) in [6, 6.07) is -2.30. The van der Waals surface area contributed by atoms with E-state index in [1.54, 1.807) is 37.3 Å². The summed E-state index contributed by atoms with van der Waals surface area (Å²) in [6.07, 6.45) is -4.49. The summed E-state index contributed by atoms with van der Waals surface area (Å²) in [5, 5.41) is 48.7. The van der Waals surface area contributed by atoms with Crippen LogP contribution >= 0.6 is 0 Å². The van der Waals surface area contributed by atoms with Crippen LogP contribution in [0.3, 0.4) is 0 Å². The summed E-state index contributed by atoms with van der Waals surface area (Å²) in [5.41, 5.74) is 34.2. The maximum Gasteiger partial charge on any atom is 0.317 e. The first kappa shape index (κ1) is 48.6. The van der Waals surface area contributed by atoms with E-state index in [4.69, 9.17) is 58.1 Å². The highest BCUT2D eigenvalue weighted by atomic mass is 16.7. The van der Waals surface area contributed by atoms with Crippen LogP contribution in [0.25, 0.3) is 6.08 Å². The average molecular weight is 868 g/mol. The second kappa shape index (κ2) is 23.8. The predicted octanol–water partition coefficient (Wildman–Crippen LogP) is -5.45. The fourth-order valence-corrected chi connectivity index (χ4v) is 6.77. The van der Waals surface area contributed by atoms with Crippen molar-refractivity contribution in [2.45, 2.75) is 106 Å². The first-order valence-corrected chi connectivity index (χ1v) is 19.8. The maximum atomic E-state index is 13.4. The molecule has 3 aliphatic rings. The summed E-state index contributed by atoms with van der Waals surface area (Å²) >= 11 is 0. The molecule has 25 heteroatoms. The molecule has 3 fully saturated rings. The molecule has 342 valence electrons. The van der Waals surface area contributed by atoms with E-state index in [0.29, 0.717) is 24.4 Å². The molecule has 3 heterocycles. The Morgan fingerprint density at radius 1 is 0.836 bits per heavy atom. The van der Waals surface area contributed by atoms with Crippen LogP contribution in [0.1, 0.15) is 31.7 Å². The number of benzene rings is 1. The number of aliphatic hydroxyl groups excluding tert-OH is 3. The lowest BCUT2D eigenvalue weighted by Gasteiger charge is -2.45. The number of guanidine groups is 1. The van der Waals surface area contributed by atoms with Crippen molar-refractivity contribution in [1.82, 2.24) is 31.9 Å². The summed E-state index contributed by atoms with van der Waals surface area (Å²) in [5.74, 6) is -0.312. The molecule has 0 aliphatic carbocycles. The third-order valence-electron chi connectivity index (χ3n) is 9.94. The van der Waals surface area contributed by atoms with Gasteiger partial charge in [-0.3, -0.25) is 4.79 Å². The van der Waals surface area contributed by atoms with Crippen molar-refractivity contribution in [3.63, 3.8) is 0 Å². The van der Waals surface area contributed by atoms with Crippen LogP contribution in [-0.2, 0) is 23.7 Å². The second-order valence-electron chi connectivity index (χ2n) is 14.6. The first-order chi connectivity index (χ1) is 29.1. The number of carbonyl (C=O) groups is 4. The number of primary amides is 2. The van der Waals surface area contributed by atoms with Gasteiger partial charge in [-0.1, -0.05) is 12.1 Å². The number of urea groups is 3. The Kier molecular flexibility index (Phi) is 18.9. The zero-order chi connectivity index (χ0) is 44.6. The Bertz CT molecular complexity index is 1640. The van der Waals surface area contributed by atoms with Gasteiger partial charge in [0.2, 0.25) is 12.2 Å². The molecule has 0 radical (unpaired) electrons. The van der Waals surface area contributed by atoms with E-state index < -0.39 is 104 Å². The smallest absolute Gasteiger partial charge is 0.317 e. The number of rotatable bonds is 19. The number of aliphatic hydroxyl groups is 3. The molecule has 3 aliphatic heterocycles. The van der Waals surface area contributed by atoms with Crippen LogP contribution in [0.15, 0.2) is 35.3 Å². The van der Waals surface area contributed by atoms with Gasteiger partial charge in [0.1, 0.15) is 36.1 Å². The minimum Gasteiger partial charge on any atom is -0.462 e. The van der Waals surface area contributed by atoms with Crippen molar-refractivity contribution in [2.24, 2.45) is 39.4 Å². The molecule has 7 amide bonds. The summed E-state index contributed by atoms with van der Waals surface area (Å²) < 4.78 is 29.1. The summed E-state index contributed by atoms with van der Waals surface area (Å²) in [7, 11) is 0. The average Bonchev–Trinajstić information content (AvgIpc) is 3.20. The van der Waals surface area contributed by atoms with Gasteiger partial charge in [-0.25, -0.2) is 19.4 Å². The van der Waals surface area contributed by atoms with Crippen LogP contribution in [0.5, 0.6) is 5.75 Å². The zero-order valence-corrected chi connectivity index (χ0v) is 33.8. The third-order valence-corrected chi connectivity index (χ3v) is 9.94. The number of aliphatic imine (C=N–C) groups is 1.